The third-order valence-corrected chi connectivity index (χ3v) is 4.67. The van der Waals surface area contributed by atoms with Crippen molar-refractivity contribution in [1.82, 2.24) is 0 Å². The average molecular weight is 369 g/mol. The van der Waals surface area contributed by atoms with Crippen LogP contribution in [0.1, 0.15) is 27.0 Å². The molecule has 0 saturated carbocycles. The van der Waals surface area contributed by atoms with Gasteiger partial charge in [0.2, 0.25) is 0 Å². The second-order valence-corrected chi connectivity index (χ2v) is 6.64. The zero-order chi connectivity index (χ0) is 19.4. The first kappa shape index (κ1) is 17.8. The van der Waals surface area contributed by atoms with E-state index in [2.05, 4.69) is 17.2 Å². The second kappa shape index (κ2) is 7.59. The Labute approximate surface area is 163 Å². The maximum atomic E-state index is 11.6. The molecule has 1 unspecified atom stereocenters. The molecule has 4 nitrogen and oxygen atoms in total. The molecular weight excluding hydrogens is 350 g/mol. The fourth-order valence-electron chi connectivity index (χ4n) is 3.10. The van der Waals surface area contributed by atoms with Gasteiger partial charge < -0.3 is 15.2 Å². The number of aliphatic hydroxyl groups is 1. The summed E-state index contributed by atoms with van der Waals surface area (Å²) >= 11 is 0. The van der Waals surface area contributed by atoms with Gasteiger partial charge in [0.15, 0.2) is 5.60 Å². The summed E-state index contributed by atoms with van der Waals surface area (Å²) in [5, 5.41) is 14.6. The van der Waals surface area contributed by atoms with E-state index in [0.717, 1.165) is 16.8 Å². The van der Waals surface area contributed by atoms with E-state index in [1.165, 1.54) is 0 Å². The Hall–Kier alpha value is -3.55. The van der Waals surface area contributed by atoms with E-state index in [0.29, 0.717) is 11.1 Å². The standard InChI is InChI=1S/C24H19NO3/c26-23-22-12-11-21(15-19(22)16-28-23)25-17-24(27,20-9-5-2-6-10-20)14-13-18-7-3-1-4-8-18/h1-12,15,25,27H,16-17H2. The summed E-state index contributed by atoms with van der Waals surface area (Å²) in [5.74, 6) is 5.79. The largest absolute Gasteiger partial charge is 0.457 e. The predicted octanol–water partition coefficient (Wildman–Crippen LogP) is 3.71. The quantitative estimate of drug-likeness (QED) is 0.544. The Kier molecular flexibility index (Phi) is 4.84. The van der Waals surface area contributed by atoms with Crippen LogP contribution >= 0.6 is 0 Å². The van der Waals surface area contributed by atoms with Gasteiger partial charge in [-0.25, -0.2) is 4.79 Å². The molecule has 0 saturated heterocycles. The Balaban J connectivity index is 1.60. The van der Waals surface area contributed by atoms with Gasteiger partial charge in [0.1, 0.15) is 6.61 Å². The first-order valence-corrected chi connectivity index (χ1v) is 9.04. The molecule has 0 spiro atoms. The van der Waals surface area contributed by atoms with Crippen molar-refractivity contribution in [2.75, 3.05) is 11.9 Å². The normalized spacial score (nSPS) is 14.2. The van der Waals surface area contributed by atoms with E-state index in [4.69, 9.17) is 4.74 Å². The number of ether oxygens (including phenoxy) is 1. The van der Waals surface area contributed by atoms with Crippen molar-refractivity contribution in [2.45, 2.75) is 12.2 Å². The second-order valence-electron chi connectivity index (χ2n) is 6.64. The third-order valence-electron chi connectivity index (χ3n) is 4.67. The van der Waals surface area contributed by atoms with Crippen molar-refractivity contribution in [3.8, 4) is 11.8 Å². The van der Waals surface area contributed by atoms with Gasteiger partial charge in [-0.05, 0) is 35.9 Å². The Morgan fingerprint density at radius 2 is 1.71 bits per heavy atom. The maximum Gasteiger partial charge on any atom is 0.338 e. The summed E-state index contributed by atoms with van der Waals surface area (Å²) in [5.41, 5.74) is 2.41. The van der Waals surface area contributed by atoms with Crippen LogP contribution in [0, 0.1) is 11.8 Å². The number of hydrogen-bond donors (Lipinski definition) is 2. The highest BCUT2D eigenvalue weighted by molar-refractivity contribution is 5.93. The molecule has 0 amide bonds. The van der Waals surface area contributed by atoms with Gasteiger partial charge in [-0.1, -0.05) is 60.4 Å². The number of cyclic esters (lactones) is 1. The highest BCUT2D eigenvalue weighted by atomic mass is 16.5. The van der Waals surface area contributed by atoms with Gasteiger partial charge in [-0.15, -0.1) is 0 Å². The summed E-state index contributed by atoms with van der Waals surface area (Å²) in [7, 11) is 0. The lowest BCUT2D eigenvalue weighted by Gasteiger charge is -2.24. The Morgan fingerprint density at radius 1 is 1.00 bits per heavy atom. The Morgan fingerprint density at radius 3 is 2.46 bits per heavy atom. The van der Waals surface area contributed by atoms with Crippen LogP contribution in [0.5, 0.6) is 0 Å². The van der Waals surface area contributed by atoms with E-state index in [1.54, 1.807) is 12.1 Å². The van der Waals surface area contributed by atoms with E-state index in [-0.39, 0.29) is 19.1 Å². The molecule has 138 valence electrons. The van der Waals surface area contributed by atoms with Crippen LogP contribution in [0.3, 0.4) is 0 Å². The van der Waals surface area contributed by atoms with Crippen LogP contribution in [-0.4, -0.2) is 17.6 Å². The van der Waals surface area contributed by atoms with Gasteiger partial charge in [-0.2, -0.15) is 0 Å². The molecule has 28 heavy (non-hydrogen) atoms. The van der Waals surface area contributed by atoms with Crippen LogP contribution in [-0.2, 0) is 16.9 Å². The van der Waals surface area contributed by atoms with Crippen LogP contribution in [0.2, 0.25) is 0 Å². The summed E-state index contributed by atoms with van der Waals surface area (Å²) in [6, 6.07) is 24.4. The molecule has 0 fully saturated rings. The van der Waals surface area contributed by atoms with Gasteiger partial charge in [-0.3, -0.25) is 0 Å². The van der Waals surface area contributed by atoms with E-state index < -0.39 is 5.60 Å². The molecule has 2 N–H and O–H groups in total. The summed E-state index contributed by atoms with van der Waals surface area (Å²) in [6.07, 6.45) is 0. The van der Waals surface area contributed by atoms with E-state index in [1.807, 2.05) is 66.7 Å². The molecule has 3 aromatic carbocycles. The van der Waals surface area contributed by atoms with Gasteiger partial charge >= 0.3 is 5.97 Å². The summed E-state index contributed by atoms with van der Waals surface area (Å²) in [6.45, 7) is 0.477. The van der Waals surface area contributed by atoms with Crippen LogP contribution < -0.4 is 5.32 Å². The number of carbonyl (C=O) groups excluding carboxylic acids is 1. The molecule has 1 aliphatic heterocycles. The van der Waals surface area contributed by atoms with Crippen LogP contribution in [0.25, 0.3) is 0 Å². The summed E-state index contributed by atoms with van der Waals surface area (Å²) in [4.78, 5) is 11.6. The molecule has 4 rings (SSSR count). The molecule has 0 aromatic heterocycles. The van der Waals surface area contributed by atoms with Crippen molar-refractivity contribution in [3.63, 3.8) is 0 Å². The van der Waals surface area contributed by atoms with E-state index >= 15 is 0 Å². The first-order valence-electron chi connectivity index (χ1n) is 9.04. The van der Waals surface area contributed by atoms with Crippen molar-refractivity contribution in [2.24, 2.45) is 0 Å². The highest BCUT2D eigenvalue weighted by Gasteiger charge is 2.27. The highest BCUT2D eigenvalue weighted by Crippen LogP contribution is 2.25. The smallest absolute Gasteiger partial charge is 0.338 e. The Bertz CT molecular complexity index is 1050. The monoisotopic (exact) mass is 369 g/mol. The predicted molar refractivity (Wildman–Crippen MR) is 108 cm³/mol. The zero-order valence-corrected chi connectivity index (χ0v) is 15.2. The minimum atomic E-state index is -1.37. The molecule has 0 aliphatic carbocycles. The number of fused-ring (bicyclic) bond motifs is 1. The van der Waals surface area contributed by atoms with Crippen molar-refractivity contribution in [3.05, 3.63) is 101 Å². The number of esters is 1. The minimum Gasteiger partial charge on any atom is -0.457 e. The molecule has 4 heteroatoms. The van der Waals surface area contributed by atoms with Gasteiger partial charge in [0, 0.05) is 16.8 Å². The molecule has 1 aliphatic rings. The number of hydrogen-bond acceptors (Lipinski definition) is 4. The molecule has 1 atom stereocenters. The zero-order valence-electron chi connectivity index (χ0n) is 15.2. The third kappa shape index (κ3) is 3.75. The van der Waals surface area contributed by atoms with Crippen LogP contribution in [0.4, 0.5) is 5.69 Å². The van der Waals surface area contributed by atoms with Crippen molar-refractivity contribution in [1.29, 1.82) is 0 Å². The van der Waals surface area contributed by atoms with E-state index in [9.17, 15) is 9.90 Å². The number of rotatable bonds is 4. The number of benzene rings is 3. The lowest BCUT2D eigenvalue weighted by Crippen LogP contribution is -2.32. The topological polar surface area (TPSA) is 58.6 Å². The fraction of sp³-hybridized carbons (Fsp3) is 0.125. The van der Waals surface area contributed by atoms with Crippen LogP contribution in [0.15, 0.2) is 78.9 Å². The first-order chi connectivity index (χ1) is 13.6. The lowest BCUT2D eigenvalue weighted by molar-refractivity contribution is 0.0535. The molecule has 0 radical (unpaired) electrons. The fourth-order valence-corrected chi connectivity index (χ4v) is 3.10. The van der Waals surface area contributed by atoms with Crippen molar-refractivity contribution >= 4 is 11.7 Å². The summed E-state index contributed by atoms with van der Waals surface area (Å²) < 4.78 is 5.04. The van der Waals surface area contributed by atoms with Gasteiger partial charge in [0.05, 0.1) is 12.1 Å². The maximum absolute atomic E-state index is 11.6. The van der Waals surface area contributed by atoms with Gasteiger partial charge in [0.25, 0.3) is 0 Å². The number of carbonyl (C=O) groups is 1. The molecule has 0 bridgehead atoms. The molecule has 3 aromatic rings. The minimum absolute atomic E-state index is 0.199. The number of anilines is 1. The molecule has 1 heterocycles. The average Bonchev–Trinajstić information content (AvgIpc) is 3.12. The van der Waals surface area contributed by atoms with Crippen molar-refractivity contribution < 1.29 is 14.6 Å². The lowest BCUT2D eigenvalue weighted by atomic mass is 9.93. The number of nitrogens with one attached hydrogen (secondary N) is 1. The molecular formula is C24H19NO3. The SMILES string of the molecule is O=C1OCc2cc(NCC(O)(C#Cc3ccccc3)c3ccccc3)ccc21.